The lowest BCUT2D eigenvalue weighted by molar-refractivity contribution is 0.0950. The van der Waals surface area contributed by atoms with Crippen LogP contribution >= 0.6 is 27.3 Å². The van der Waals surface area contributed by atoms with Gasteiger partial charge in [0.1, 0.15) is 5.01 Å². The molecule has 4 rings (SSSR count). The highest BCUT2D eigenvalue weighted by atomic mass is 79.9. The SMILES string of the molecule is Cc1ccc(CNC(=O)c2nnc(CN3CCCC3c3cccc(Br)c3)s2)cc1. The second kappa shape index (κ2) is 9.15. The van der Waals surface area contributed by atoms with Crippen molar-refractivity contribution in [2.24, 2.45) is 0 Å². The molecular formula is C22H23BrN4OS. The molecule has 1 unspecified atom stereocenters. The standard InChI is InChI=1S/C22H23BrN4OS/c1-15-7-9-16(10-8-15)13-24-21(28)22-26-25-20(29-22)14-27-11-3-6-19(27)17-4-2-5-18(23)12-17/h2,4-5,7-10,12,19H,3,6,11,13-14H2,1H3,(H,24,28). The third-order valence-corrected chi connectivity index (χ3v) is 6.57. The molecule has 29 heavy (non-hydrogen) atoms. The van der Waals surface area contributed by atoms with Crippen LogP contribution in [0.15, 0.2) is 53.0 Å². The number of hydrogen-bond donors (Lipinski definition) is 1. The van der Waals surface area contributed by atoms with E-state index in [-0.39, 0.29) is 5.91 Å². The molecule has 1 aromatic heterocycles. The first-order valence-electron chi connectivity index (χ1n) is 9.74. The molecule has 1 saturated heterocycles. The Balaban J connectivity index is 1.37. The van der Waals surface area contributed by atoms with Crippen LogP contribution in [0.2, 0.25) is 0 Å². The predicted octanol–water partition coefficient (Wildman–Crippen LogP) is 4.88. The van der Waals surface area contributed by atoms with Gasteiger partial charge in [0.2, 0.25) is 5.01 Å². The molecule has 2 heterocycles. The number of aryl methyl sites for hydroxylation is 1. The highest BCUT2D eigenvalue weighted by molar-refractivity contribution is 9.10. The van der Waals surface area contributed by atoms with Crippen LogP contribution in [0, 0.1) is 6.92 Å². The zero-order valence-electron chi connectivity index (χ0n) is 16.3. The summed E-state index contributed by atoms with van der Waals surface area (Å²) in [4.78, 5) is 14.9. The Morgan fingerprint density at radius 1 is 1.24 bits per heavy atom. The van der Waals surface area contributed by atoms with Gasteiger partial charge in [-0.1, -0.05) is 69.2 Å². The zero-order chi connectivity index (χ0) is 20.2. The van der Waals surface area contributed by atoms with Crippen molar-refractivity contribution < 1.29 is 4.79 Å². The molecule has 150 valence electrons. The van der Waals surface area contributed by atoms with Crippen LogP contribution in [0.5, 0.6) is 0 Å². The summed E-state index contributed by atoms with van der Waals surface area (Å²) in [5.74, 6) is -0.167. The van der Waals surface area contributed by atoms with E-state index in [2.05, 4.69) is 60.6 Å². The third-order valence-electron chi connectivity index (χ3n) is 5.17. The Morgan fingerprint density at radius 2 is 2.07 bits per heavy atom. The van der Waals surface area contributed by atoms with Crippen molar-refractivity contribution >= 4 is 33.2 Å². The molecule has 0 spiro atoms. The lowest BCUT2D eigenvalue weighted by Gasteiger charge is -2.23. The fourth-order valence-corrected chi connectivity index (χ4v) is 4.85. The van der Waals surface area contributed by atoms with Gasteiger partial charge in [0.25, 0.3) is 5.91 Å². The largest absolute Gasteiger partial charge is 0.346 e. The Labute approximate surface area is 183 Å². The van der Waals surface area contributed by atoms with Gasteiger partial charge in [0.15, 0.2) is 0 Å². The number of carbonyl (C=O) groups excluding carboxylic acids is 1. The summed E-state index contributed by atoms with van der Waals surface area (Å²) in [7, 11) is 0. The van der Waals surface area contributed by atoms with E-state index < -0.39 is 0 Å². The van der Waals surface area contributed by atoms with E-state index in [9.17, 15) is 4.79 Å². The first-order valence-corrected chi connectivity index (χ1v) is 11.3. The Bertz CT molecular complexity index is 988. The van der Waals surface area contributed by atoms with Crippen molar-refractivity contribution in [3.05, 3.63) is 79.7 Å². The number of rotatable bonds is 6. The van der Waals surface area contributed by atoms with Crippen LogP contribution in [-0.4, -0.2) is 27.5 Å². The van der Waals surface area contributed by atoms with Gasteiger partial charge >= 0.3 is 0 Å². The van der Waals surface area contributed by atoms with Gasteiger partial charge in [-0.25, -0.2) is 0 Å². The number of nitrogens with zero attached hydrogens (tertiary/aromatic N) is 3. The van der Waals surface area contributed by atoms with Crippen LogP contribution < -0.4 is 5.32 Å². The average molecular weight is 471 g/mol. The summed E-state index contributed by atoms with van der Waals surface area (Å²) >= 11 is 4.95. The summed E-state index contributed by atoms with van der Waals surface area (Å²) in [6.07, 6.45) is 2.30. The van der Waals surface area contributed by atoms with Gasteiger partial charge in [-0.15, -0.1) is 10.2 Å². The van der Waals surface area contributed by atoms with Crippen molar-refractivity contribution in [1.82, 2.24) is 20.4 Å². The van der Waals surface area contributed by atoms with Gasteiger partial charge in [0, 0.05) is 17.1 Å². The number of aromatic nitrogens is 2. The second-order valence-electron chi connectivity index (χ2n) is 7.35. The summed E-state index contributed by atoms with van der Waals surface area (Å²) in [6, 6.07) is 17.0. The first kappa shape index (κ1) is 20.2. The molecular weight excluding hydrogens is 448 g/mol. The molecule has 1 aliphatic heterocycles. The molecule has 1 amide bonds. The fourth-order valence-electron chi connectivity index (χ4n) is 3.65. The lowest BCUT2D eigenvalue weighted by atomic mass is 10.0. The van der Waals surface area contributed by atoms with Crippen molar-refractivity contribution in [3.63, 3.8) is 0 Å². The molecule has 0 saturated carbocycles. The maximum atomic E-state index is 12.4. The normalized spacial score (nSPS) is 16.8. The summed E-state index contributed by atoms with van der Waals surface area (Å²) < 4.78 is 1.10. The summed E-state index contributed by atoms with van der Waals surface area (Å²) in [5, 5.41) is 12.6. The number of amides is 1. The monoisotopic (exact) mass is 470 g/mol. The van der Waals surface area contributed by atoms with E-state index in [1.807, 2.05) is 31.2 Å². The topological polar surface area (TPSA) is 58.1 Å². The van der Waals surface area contributed by atoms with E-state index in [0.29, 0.717) is 17.6 Å². The predicted molar refractivity (Wildman–Crippen MR) is 119 cm³/mol. The van der Waals surface area contributed by atoms with E-state index in [1.165, 1.54) is 28.9 Å². The number of halogens is 1. The van der Waals surface area contributed by atoms with E-state index in [1.54, 1.807) is 0 Å². The van der Waals surface area contributed by atoms with Crippen LogP contribution in [0.4, 0.5) is 0 Å². The van der Waals surface area contributed by atoms with Crippen molar-refractivity contribution in [2.75, 3.05) is 6.54 Å². The molecule has 3 aromatic rings. The molecule has 7 heteroatoms. The average Bonchev–Trinajstić information content (AvgIpc) is 3.37. The minimum atomic E-state index is -0.167. The highest BCUT2D eigenvalue weighted by Gasteiger charge is 2.27. The number of benzene rings is 2. The molecule has 1 fully saturated rings. The lowest BCUT2D eigenvalue weighted by Crippen LogP contribution is -2.23. The Kier molecular flexibility index (Phi) is 6.37. The number of hydrogen-bond acceptors (Lipinski definition) is 5. The van der Waals surface area contributed by atoms with Crippen LogP contribution in [0.1, 0.15) is 50.4 Å². The number of nitrogens with one attached hydrogen (secondary N) is 1. The molecule has 0 radical (unpaired) electrons. The molecule has 1 aliphatic rings. The maximum Gasteiger partial charge on any atom is 0.282 e. The van der Waals surface area contributed by atoms with Crippen molar-refractivity contribution in [2.45, 2.75) is 38.9 Å². The molecule has 0 bridgehead atoms. The van der Waals surface area contributed by atoms with E-state index in [0.717, 1.165) is 34.6 Å². The molecule has 1 N–H and O–H groups in total. The number of carbonyl (C=O) groups is 1. The van der Waals surface area contributed by atoms with Crippen LogP contribution in [-0.2, 0) is 13.1 Å². The van der Waals surface area contributed by atoms with Crippen LogP contribution in [0.25, 0.3) is 0 Å². The fraction of sp³-hybridized carbons (Fsp3) is 0.318. The minimum absolute atomic E-state index is 0.167. The highest BCUT2D eigenvalue weighted by Crippen LogP contribution is 2.34. The first-order chi connectivity index (χ1) is 14.1. The maximum absolute atomic E-state index is 12.4. The van der Waals surface area contributed by atoms with E-state index in [4.69, 9.17) is 0 Å². The van der Waals surface area contributed by atoms with Gasteiger partial charge < -0.3 is 5.32 Å². The summed E-state index contributed by atoms with van der Waals surface area (Å²) in [6.45, 7) is 4.30. The van der Waals surface area contributed by atoms with Gasteiger partial charge in [-0.05, 0) is 49.6 Å². The zero-order valence-corrected chi connectivity index (χ0v) is 18.7. The quantitative estimate of drug-likeness (QED) is 0.557. The molecule has 0 aliphatic carbocycles. The molecule has 2 aromatic carbocycles. The molecule has 5 nitrogen and oxygen atoms in total. The van der Waals surface area contributed by atoms with Crippen LogP contribution in [0.3, 0.4) is 0 Å². The van der Waals surface area contributed by atoms with Crippen molar-refractivity contribution in [1.29, 1.82) is 0 Å². The smallest absolute Gasteiger partial charge is 0.282 e. The van der Waals surface area contributed by atoms with E-state index >= 15 is 0 Å². The summed E-state index contributed by atoms with van der Waals surface area (Å²) in [5.41, 5.74) is 3.59. The van der Waals surface area contributed by atoms with Gasteiger partial charge in [-0.3, -0.25) is 9.69 Å². The third kappa shape index (κ3) is 5.10. The number of likely N-dealkylation sites (tertiary alicyclic amines) is 1. The van der Waals surface area contributed by atoms with Gasteiger partial charge in [0.05, 0.1) is 6.54 Å². The molecule has 1 atom stereocenters. The van der Waals surface area contributed by atoms with Crippen molar-refractivity contribution in [3.8, 4) is 0 Å². The Hall–Kier alpha value is -2.09. The minimum Gasteiger partial charge on any atom is -0.346 e. The second-order valence-corrected chi connectivity index (χ2v) is 9.33. The van der Waals surface area contributed by atoms with Gasteiger partial charge in [-0.2, -0.15) is 0 Å². The Morgan fingerprint density at radius 3 is 2.86 bits per heavy atom.